The third-order valence-electron chi connectivity index (χ3n) is 5.99. The Kier molecular flexibility index (Phi) is 6.17. The maximum absolute atomic E-state index is 2.92. The van der Waals surface area contributed by atoms with Crippen LogP contribution >= 0.6 is 8.37 Å². The topological polar surface area (TPSA) is 9.72 Å². The second-order valence-corrected chi connectivity index (χ2v) is 9.87. The van der Waals surface area contributed by atoms with Crippen molar-refractivity contribution in [2.75, 3.05) is 19.6 Å². The average molecular weight is 325 g/mol. The van der Waals surface area contributed by atoms with Gasteiger partial charge < -0.3 is 0 Å². The van der Waals surface area contributed by atoms with E-state index in [9.17, 15) is 0 Å². The first-order valence-electron chi connectivity index (χ1n) is 9.78. The molecule has 0 amide bonds. The van der Waals surface area contributed by atoms with E-state index in [4.69, 9.17) is 0 Å². The Morgan fingerprint density at radius 3 is 1.14 bits per heavy atom. The molecule has 0 radical (unpaired) electrons. The van der Waals surface area contributed by atoms with Gasteiger partial charge in [-0.25, -0.2) is 0 Å². The summed E-state index contributed by atoms with van der Waals surface area (Å²) in [6.45, 7) is 11.4. The molecular formula is C18H36N3P. The molecule has 0 saturated carbocycles. The highest BCUT2D eigenvalue weighted by atomic mass is 31.2. The van der Waals surface area contributed by atoms with E-state index in [0.717, 1.165) is 18.1 Å². The summed E-state index contributed by atoms with van der Waals surface area (Å²) in [5.41, 5.74) is 0. The molecule has 0 bridgehead atoms. The van der Waals surface area contributed by atoms with Crippen molar-refractivity contribution >= 4 is 8.37 Å². The average Bonchev–Trinajstić information content (AvgIpc) is 2.53. The second-order valence-electron chi connectivity index (χ2n) is 7.79. The highest BCUT2D eigenvalue weighted by molar-refractivity contribution is 7.50. The van der Waals surface area contributed by atoms with Crippen LogP contribution in [0.3, 0.4) is 0 Å². The minimum atomic E-state index is -0.233. The minimum absolute atomic E-state index is 0.233. The fraction of sp³-hybridized carbons (Fsp3) is 1.00. The molecule has 3 rings (SSSR count). The zero-order chi connectivity index (χ0) is 15.5. The molecule has 3 nitrogen and oxygen atoms in total. The SMILES string of the molecule is C[C@@H]1CCCCN1P(N1CCCC[C@H]1C)N1CCCC[C@H]1C. The number of piperidine rings is 3. The van der Waals surface area contributed by atoms with Crippen LogP contribution in [0.2, 0.25) is 0 Å². The van der Waals surface area contributed by atoms with Crippen molar-refractivity contribution in [3.8, 4) is 0 Å². The molecule has 0 aliphatic carbocycles. The van der Waals surface area contributed by atoms with Crippen LogP contribution in [0.4, 0.5) is 0 Å². The summed E-state index contributed by atoms with van der Waals surface area (Å²) in [7, 11) is -0.233. The molecule has 3 saturated heterocycles. The Hall–Kier alpha value is 0.310. The molecule has 0 aromatic carbocycles. The van der Waals surface area contributed by atoms with E-state index in [-0.39, 0.29) is 8.37 Å². The first-order chi connectivity index (χ1) is 10.7. The van der Waals surface area contributed by atoms with E-state index in [0.29, 0.717) is 0 Å². The lowest BCUT2D eigenvalue weighted by Crippen LogP contribution is -2.50. The van der Waals surface area contributed by atoms with Crippen LogP contribution in [0.1, 0.15) is 78.6 Å². The minimum Gasteiger partial charge on any atom is -0.255 e. The van der Waals surface area contributed by atoms with Crippen LogP contribution < -0.4 is 0 Å². The second kappa shape index (κ2) is 7.92. The third-order valence-corrected chi connectivity index (χ3v) is 9.15. The molecular weight excluding hydrogens is 289 g/mol. The van der Waals surface area contributed by atoms with E-state index in [1.807, 2.05) is 0 Å². The van der Waals surface area contributed by atoms with Gasteiger partial charge in [-0.15, -0.1) is 0 Å². The highest BCUT2D eigenvalue weighted by Gasteiger charge is 2.40. The number of hydrogen-bond donors (Lipinski definition) is 0. The van der Waals surface area contributed by atoms with Gasteiger partial charge in [0.2, 0.25) is 0 Å². The fourth-order valence-corrected chi connectivity index (χ4v) is 7.74. The van der Waals surface area contributed by atoms with Crippen LogP contribution in [-0.4, -0.2) is 51.8 Å². The molecule has 3 fully saturated rings. The monoisotopic (exact) mass is 325 g/mol. The third kappa shape index (κ3) is 3.69. The van der Waals surface area contributed by atoms with Gasteiger partial charge in [0.25, 0.3) is 0 Å². The zero-order valence-corrected chi connectivity index (χ0v) is 15.9. The fourth-order valence-electron chi connectivity index (χ4n) is 4.49. The molecule has 0 spiro atoms. The summed E-state index contributed by atoms with van der Waals surface area (Å²) < 4.78 is 8.76. The van der Waals surface area contributed by atoms with E-state index in [2.05, 4.69) is 34.8 Å². The summed E-state index contributed by atoms with van der Waals surface area (Å²) in [4.78, 5) is 0. The van der Waals surface area contributed by atoms with Crippen LogP contribution in [-0.2, 0) is 0 Å². The molecule has 128 valence electrons. The lowest BCUT2D eigenvalue weighted by atomic mass is 10.1. The molecule has 4 heteroatoms. The van der Waals surface area contributed by atoms with E-state index >= 15 is 0 Å². The van der Waals surface area contributed by atoms with Gasteiger partial charge in [0.05, 0.1) is 0 Å². The smallest absolute Gasteiger partial charge is 0.120 e. The molecule has 3 atom stereocenters. The van der Waals surface area contributed by atoms with E-state index in [1.165, 1.54) is 77.4 Å². The van der Waals surface area contributed by atoms with E-state index in [1.54, 1.807) is 0 Å². The van der Waals surface area contributed by atoms with Crippen molar-refractivity contribution in [3.05, 3.63) is 0 Å². The number of rotatable bonds is 3. The highest BCUT2D eigenvalue weighted by Crippen LogP contribution is 2.55. The number of hydrogen-bond acceptors (Lipinski definition) is 3. The summed E-state index contributed by atoms with van der Waals surface area (Å²) in [6.07, 6.45) is 12.8. The van der Waals surface area contributed by atoms with Gasteiger partial charge in [0.1, 0.15) is 8.37 Å². The summed E-state index contributed by atoms with van der Waals surface area (Å²) in [5, 5.41) is 0. The molecule has 22 heavy (non-hydrogen) atoms. The molecule has 3 heterocycles. The number of nitrogens with zero attached hydrogens (tertiary/aromatic N) is 3. The Bertz CT molecular complexity index is 299. The van der Waals surface area contributed by atoms with Crippen molar-refractivity contribution in [1.82, 2.24) is 14.0 Å². The summed E-state index contributed by atoms with van der Waals surface area (Å²) in [5.74, 6) is 0. The summed E-state index contributed by atoms with van der Waals surface area (Å²) in [6, 6.07) is 2.34. The predicted octanol–water partition coefficient (Wildman–Crippen LogP) is 4.84. The normalized spacial score (nSPS) is 36.8. The van der Waals surface area contributed by atoms with Crippen molar-refractivity contribution in [1.29, 1.82) is 0 Å². The van der Waals surface area contributed by atoms with Crippen molar-refractivity contribution < 1.29 is 0 Å². The first kappa shape index (κ1) is 17.1. The molecule has 0 aromatic heterocycles. The molecule has 0 aromatic rings. The Morgan fingerprint density at radius 2 is 0.864 bits per heavy atom. The van der Waals surface area contributed by atoms with Gasteiger partial charge in [-0.2, -0.15) is 0 Å². The molecule has 3 aliphatic rings. The maximum Gasteiger partial charge on any atom is 0.120 e. The Labute approximate surface area is 139 Å². The van der Waals surface area contributed by atoms with E-state index < -0.39 is 0 Å². The van der Waals surface area contributed by atoms with Gasteiger partial charge in [0.15, 0.2) is 0 Å². The van der Waals surface area contributed by atoms with Crippen molar-refractivity contribution in [2.45, 2.75) is 96.7 Å². The van der Waals surface area contributed by atoms with Crippen LogP contribution in [0.25, 0.3) is 0 Å². The van der Waals surface area contributed by atoms with Crippen molar-refractivity contribution in [2.24, 2.45) is 0 Å². The lowest BCUT2D eigenvalue weighted by Gasteiger charge is -2.54. The molecule has 0 unspecified atom stereocenters. The van der Waals surface area contributed by atoms with Gasteiger partial charge in [0, 0.05) is 37.8 Å². The Balaban J connectivity index is 1.83. The standard InChI is InChI=1S/C18H36N3P/c1-16-10-4-7-13-19(16)22(20-14-8-5-11-17(20)2)21-15-9-6-12-18(21)3/h16-18H,4-15H2,1-3H3/t16-,17-,18-/m1/s1. The van der Waals surface area contributed by atoms with Crippen molar-refractivity contribution in [3.63, 3.8) is 0 Å². The van der Waals surface area contributed by atoms with Crippen LogP contribution in [0.5, 0.6) is 0 Å². The molecule has 0 N–H and O–H groups in total. The quantitative estimate of drug-likeness (QED) is 0.688. The van der Waals surface area contributed by atoms with Crippen LogP contribution in [0, 0.1) is 0 Å². The largest absolute Gasteiger partial charge is 0.255 e. The Morgan fingerprint density at radius 1 is 0.545 bits per heavy atom. The van der Waals surface area contributed by atoms with Crippen LogP contribution in [0.15, 0.2) is 0 Å². The predicted molar refractivity (Wildman–Crippen MR) is 97.0 cm³/mol. The lowest BCUT2D eigenvalue weighted by molar-refractivity contribution is 0.178. The summed E-state index contributed by atoms with van der Waals surface area (Å²) >= 11 is 0. The molecule has 3 aliphatic heterocycles. The van der Waals surface area contributed by atoms with Gasteiger partial charge in [-0.05, 0) is 59.3 Å². The van der Waals surface area contributed by atoms with Gasteiger partial charge >= 0.3 is 0 Å². The maximum atomic E-state index is 2.92. The van der Waals surface area contributed by atoms with Gasteiger partial charge in [-0.1, -0.05) is 19.3 Å². The first-order valence-corrected chi connectivity index (χ1v) is 11.0. The zero-order valence-electron chi connectivity index (χ0n) is 15.0. The van der Waals surface area contributed by atoms with Gasteiger partial charge in [-0.3, -0.25) is 14.0 Å².